The highest BCUT2D eigenvalue weighted by atomic mass is 16.7. The first-order valence-electron chi connectivity index (χ1n) is 10.1. The van der Waals surface area contributed by atoms with Crippen LogP contribution in [0.1, 0.15) is 18.9 Å². The van der Waals surface area contributed by atoms with E-state index in [0.29, 0.717) is 23.5 Å². The Bertz CT molecular complexity index is 1190. The quantitative estimate of drug-likeness (QED) is 0.432. The van der Waals surface area contributed by atoms with Gasteiger partial charge in [0.15, 0.2) is 5.65 Å². The average molecular weight is 436 g/mol. The predicted molar refractivity (Wildman–Crippen MR) is 118 cm³/mol. The molecule has 11 nitrogen and oxygen atoms in total. The predicted octanol–water partition coefficient (Wildman–Crippen LogP) is 1.09. The normalized spacial score (nSPS) is 17.5. The van der Waals surface area contributed by atoms with Crippen molar-refractivity contribution in [2.75, 3.05) is 19.4 Å². The summed E-state index contributed by atoms with van der Waals surface area (Å²) < 4.78 is 1.79. The minimum Gasteiger partial charge on any atom is -0.359 e. The first-order chi connectivity index (χ1) is 15.5. The fourth-order valence-electron chi connectivity index (χ4n) is 3.57. The van der Waals surface area contributed by atoms with E-state index < -0.39 is 11.5 Å². The van der Waals surface area contributed by atoms with Gasteiger partial charge >= 0.3 is 0 Å². The van der Waals surface area contributed by atoms with Crippen LogP contribution in [0.2, 0.25) is 0 Å². The number of likely N-dealkylation sites (N-methyl/N-ethyl adjacent to an activating group) is 1. The Hall–Kier alpha value is -3.99. The summed E-state index contributed by atoms with van der Waals surface area (Å²) in [6.07, 6.45) is 8.22. The molecule has 0 bridgehead atoms. The first-order valence-corrected chi connectivity index (χ1v) is 10.1. The molecule has 0 radical (unpaired) electrons. The van der Waals surface area contributed by atoms with Crippen molar-refractivity contribution in [2.45, 2.75) is 25.5 Å². The third-order valence-corrected chi connectivity index (χ3v) is 5.22. The standard InChI is InChI=1S/C21H24N8O3/c1-4-29-19-15(12-26-29)18(27-13-6-5-7-24-10-13)14(11-25-19)16-8-21(32-28-16,20(31)23-3)9-17(30)22-2/h5-8,10-12,28H,4,9H2,1-3H3,(H,22,30)(H,23,31)(H,25,27). The zero-order valence-corrected chi connectivity index (χ0v) is 18.0. The highest BCUT2D eigenvalue weighted by Crippen LogP contribution is 2.36. The summed E-state index contributed by atoms with van der Waals surface area (Å²) in [6, 6.07) is 3.71. The molecule has 3 aromatic heterocycles. The molecule has 32 heavy (non-hydrogen) atoms. The van der Waals surface area contributed by atoms with Gasteiger partial charge in [0.2, 0.25) is 11.5 Å². The minimum absolute atomic E-state index is 0.186. The molecule has 4 heterocycles. The van der Waals surface area contributed by atoms with Crippen molar-refractivity contribution in [3.63, 3.8) is 0 Å². The molecule has 4 N–H and O–H groups in total. The van der Waals surface area contributed by atoms with Gasteiger partial charge in [-0.1, -0.05) is 0 Å². The lowest BCUT2D eigenvalue weighted by Crippen LogP contribution is -2.48. The summed E-state index contributed by atoms with van der Waals surface area (Å²) in [5.41, 5.74) is 4.68. The zero-order valence-electron chi connectivity index (χ0n) is 18.0. The number of pyridine rings is 2. The summed E-state index contributed by atoms with van der Waals surface area (Å²) in [5.74, 6) is -0.780. The van der Waals surface area contributed by atoms with Crippen molar-refractivity contribution in [1.29, 1.82) is 0 Å². The van der Waals surface area contributed by atoms with Gasteiger partial charge in [-0.2, -0.15) is 5.10 Å². The van der Waals surface area contributed by atoms with Crippen molar-refractivity contribution in [3.05, 3.63) is 48.6 Å². The molecule has 3 aromatic rings. The summed E-state index contributed by atoms with van der Waals surface area (Å²) in [6.45, 7) is 2.65. The SMILES string of the molecule is CCn1ncc2c(Nc3cccnc3)c(C3=CC(CC(=O)NC)(C(=O)NC)ON3)cnc21. The van der Waals surface area contributed by atoms with Crippen molar-refractivity contribution in [2.24, 2.45) is 0 Å². The van der Waals surface area contributed by atoms with Crippen molar-refractivity contribution in [1.82, 2.24) is 35.9 Å². The lowest BCUT2D eigenvalue weighted by Gasteiger charge is -2.22. The van der Waals surface area contributed by atoms with Crippen LogP contribution in [0.3, 0.4) is 0 Å². The number of hydroxylamine groups is 1. The maximum atomic E-state index is 12.6. The van der Waals surface area contributed by atoms with E-state index in [0.717, 1.165) is 16.8 Å². The molecule has 0 aliphatic carbocycles. The molecule has 1 aliphatic heterocycles. The van der Waals surface area contributed by atoms with E-state index in [1.54, 1.807) is 35.5 Å². The van der Waals surface area contributed by atoms with Crippen LogP contribution in [0.4, 0.5) is 11.4 Å². The third kappa shape index (κ3) is 3.73. The van der Waals surface area contributed by atoms with Crippen LogP contribution in [-0.4, -0.2) is 51.3 Å². The summed E-state index contributed by atoms with van der Waals surface area (Å²) in [4.78, 5) is 39.1. The number of fused-ring (bicyclic) bond motifs is 1. The number of carbonyl (C=O) groups excluding carboxylic acids is 2. The average Bonchev–Trinajstić information content (AvgIpc) is 3.44. The molecule has 0 spiro atoms. The topological polar surface area (TPSA) is 135 Å². The summed E-state index contributed by atoms with van der Waals surface area (Å²) >= 11 is 0. The molecule has 1 aliphatic rings. The second-order valence-corrected chi connectivity index (χ2v) is 7.19. The van der Waals surface area contributed by atoms with Crippen LogP contribution >= 0.6 is 0 Å². The highest BCUT2D eigenvalue weighted by Gasteiger charge is 2.44. The van der Waals surface area contributed by atoms with Crippen molar-refractivity contribution in [3.8, 4) is 0 Å². The van der Waals surface area contributed by atoms with Gasteiger partial charge in [0.25, 0.3) is 5.91 Å². The fourth-order valence-corrected chi connectivity index (χ4v) is 3.57. The molecule has 166 valence electrons. The molecule has 1 atom stereocenters. The van der Waals surface area contributed by atoms with Gasteiger partial charge in [-0.05, 0) is 25.1 Å². The van der Waals surface area contributed by atoms with Gasteiger partial charge in [0, 0.05) is 38.6 Å². The first kappa shape index (κ1) is 21.2. The Morgan fingerprint density at radius 1 is 1.22 bits per heavy atom. The highest BCUT2D eigenvalue weighted by molar-refractivity contribution is 6.00. The Labute approximate surface area is 184 Å². The van der Waals surface area contributed by atoms with Crippen LogP contribution in [0.15, 0.2) is 43.0 Å². The van der Waals surface area contributed by atoms with Crippen molar-refractivity contribution >= 4 is 39.9 Å². The number of rotatable bonds is 7. The Kier molecular flexibility index (Phi) is 5.73. The van der Waals surface area contributed by atoms with Gasteiger partial charge in [-0.15, -0.1) is 0 Å². The number of amides is 2. The molecule has 4 rings (SSSR count). The maximum absolute atomic E-state index is 12.6. The van der Waals surface area contributed by atoms with E-state index in [2.05, 4.69) is 36.5 Å². The second kappa shape index (κ2) is 8.63. The monoisotopic (exact) mass is 436 g/mol. The molecule has 2 amide bonds. The van der Waals surface area contributed by atoms with Gasteiger partial charge in [-0.3, -0.25) is 24.9 Å². The number of anilines is 2. The van der Waals surface area contributed by atoms with Crippen molar-refractivity contribution < 1.29 is 14.4 Å². The number of aryl methyl sites for hydroxylation is 1. The van der Waals surface area contributed by atoms with E-state index in [1.807, 2.05) is 19.1 Å². The van der Waals surface area contributed by atoms with Gasteiger partial charge in [0.05, 0.1) is 41.3 Å². The molecular formula is C21H24N8O3. The van der Waals surface area contributed by atoms with Gasteiger partial charge in [0.1, 0.15) is 0 Å². The fraction of sp³-hybridized carbons (Fsp3) is 0.286. The summed E-state index contributed by atoms with van der Waals surface area (Å²) in [5, 5.41) is 13.7. The smallest absolute Gasteiger partial charge is 0.259 e. The van der Waals surface area contributed by atoms with E-state index in [9.17, 15) is 9.59 Å². The lowest BCUT2D eigenvalue weighted by molar-refractivity contribution is -0.148. The molecule has 1 unspecified atom stereocenters. The van der Waals surface area contributed by atoms with Crippen LogP contribution in [0.25, 0.3) is 16.7 Å². The van der Waals surface area contributed by atoms with E-state index in [1.165, 1.54) is 14.1 Å². The number of hydrogen-bond donors (Lipinski definition) is 4. The van der Waals surface area contributed by atoms with Crippen LogP contribution in [0.5, 0.6) is 0 Å². The van der Waals surface area contributed by atoms with Crippen LogP contribution < -0.4 is 21.4 Å². The van der Waals surface area contributed by atoms with Crippen LogP contribution in [-0.2, 0) is 21.0 Å². The number of nitrogens with zero attached hydrogens (tertiary/aromatic N) is 4. The Balaban J connectivity index is 1.84. The third-order valence-electron chi connectivity index (χ3n) is 5.22. The summed E-state index contributed by atoms with van der Waals surface area (Å²) in [7, 11) is 3.00. The number of carbonyl (C=O) groups is 2. The van der Waals surface area contributed by atoms with E-state index in [4.69, 9.17) is 4.84 Å². The van der Waals surface area contributed by atoms with Gasteiger partial charge in [-0.25, -0.2) is 9.67 Å². The second-order valence-electron chi connectivity index (χ2n) is 7.19. The molecule has 0 aromatic carbocycles. The largest absolute Gasteiger partial charge is 0.359 e. The molecule has 0 saturated heterocycles. The Morgan fingerprint density at radius 2 is 2.06 bits per heavy atom. The Morgan fingerprint density at radius 3 is 2.75 bits per heavy atom. The molecular weight excluding hydrogens is 412 g/mol. The van der Waals surface area contributed by atoms with Gasteiger partial charge < -0.3 is 16.0 Å². The number of hydrogen-bond acceptors (Lipinski definition) is 8. The number of aromatic nitrogens is 4. The molecule has 0 fully saturated rings. The van der Waals surface area contributed by atoms with E-state index in [-0.39, 0.29) is 12.3 Å². The zero-order chi connectivity index (χ0) is 22.7. The number of nitrogens with one attached hydrogen (secondary N) is 4. The molecule has 0 saturated carbocycles. The molecule has 11 heteroatoms. The van der Waals surface area contributed by atoms with Crippen LogP contribution in [0, 0.1) is 0 Å². The lowest BCUT2D eigenvalue weighted by atomic mass is 9.95. The minimum atomic E-state index is -1.50. The maximum Gasteiger partial charge on any atom is 0.259 e. The van der Waals surface area contributed by atoms with E-state index >= 15 is 0 Å².